The van der Waals surface area contributed by atoms with Gasteiger partial charge in [-0.05, 0) is 72.1 Å². The molecule has 0 unspecified atom stereocenters. The highest BCUT2D eigenvalue weighted by Crippen LogP contribution is 2.26. The second kappa shape index (κ2) is 13.2. The average molecular weight is 590 g/mol. The summed E-state index contributed by atoms with van der Waals surface area (Å²) in [6.45, 7) is 5.06. The van der Waals surface area contributed by atoms with Gasteiger partial charge in [-0.1, -0.05) is 18.2 Å². The molecule has 11 heteroatoms. The van der Waals surface area contributed by atoms with Crippen molar-refractivity contribution >= 4 is 27.9 Å². The maximum Gasteiger partial charge on any atom is 0.412 e. The number of halogens is 2. The quantitative estimate of drug-likeness (QED) is 0.345. The van der Waals surface area contributed by atoms with Gasteiger partial charge in [-0.25, -0.2) is 9.18 Å². The number of amides is 2. The summed E-state index contributed by atoms with van der Waals surface area (Å²) in [5, 5.41) is 11.6. The van der Waals surface area contributed by atoms with Crippen LogP contribution in [-0.4, -0.2) is 53.1 Å². The van der Waals surface area contributed by atoms with E-state index in [2.05, 4.69) is 21.2 Å². The third kappa shape index (κ3) is 6.99. The number of carbonyl (C=O) groups excluding carboxylic acids is 2. The number of aliphatic hydroxyl groups excluding tert-OH is 1. The average Bonchev–Trinajstić information content (AvgIpc) is 2.88. The molecule has 0 fully saturated rings. The van der Waals surface area contributed by atoms with Crippen molar-refractivity contribution in [3.8, 4) is 11.4 Å². The van der Waals surface area contributed by atoms with Gasteiger partial charge in [0.25, 0.3) is 11.5 Å². The highest BCUT2D eigenvalue weighted by molar-refractivity contribution is 9.10. The predicted molar refractivity (Wildman–Crippen MR) is 143 cm³/mol. The summed E-state index contributed by atoms with van der Waals surface area (Å²) in [4.78, 5) is 39.5. The Kier molecular flexibility index (Phi) is 10.0. The Balaban J connectivity index is 1.90. The molecule has 1 heterocycles. The number of rotatable bonds is 10. The first kappa shape index (κ1) is 28.9. The van der Waals surface area contributed by atoms with Crippen LogP contribution in [0.4, 0.5) is 9.18 Å². The number of nitrogens with zero attached hydrogens (tertiary/aromatic N) is 2. The van der Waals surface area contributed by atoms with Gasteiger partial charge < -0.3 is 19.9 Å². The van der Waals surface area contributed by atoms with E-state index in [4.69, 9.17) is 14.6 Å². The summed E-state index contributed by atoms with van der Waals surface area (Å²) < 4.78 is 26.2. The third-order valence-electron chi connectivity index (χ3n) is 5.57. The van der Waals surface area contributed by atoms with Crippen LogP contribution in [0.5, 0.6) is 5.75 Å². The maximum absolute atomic E-state index is 13.6. The van der Waals surface area contributed by atoms with Crippen LogP contribution in [0.3, 0.4) is 0 Å². The van der Waals surface area contributed by atoms with E-state index >= 15 is 0 Å². The maximum atomic E-state index is 13.6. The minimum absolute atomic E-state index is 0.0363. The molecule has 38 heavy (non-hydrogen) atoms. The van der Waals surface area contributed by atoms with Crippen molar-refractivity contribution in [2.45, 2.75) is 27.3 Å². The third-order valence-corrected chi connectivity index (χ3v) is 6.30. The molecule has 202 valence electrons. The monoisotopic (exact) mass is 589 g/mol. The Morgan fingerprint density at radius 1 is 1.16 bits per heavy atom. The number of ether oxygens (including phenoxy) is 2. The van der Waals surface area contributed by atoms with Crippen LogP contribution in [-0.2, 0) is 11.3 Å². The van der Waals surface area contributed by atoms with E-state index in [9.17, 15) is 18.8 Å². The van der Waals surface area contributed by atoms with Gasteiger partial charge in [0.15, 0.2) is 6.73 Å². The van der Waals surface area contributed by atoms with E-state index in [1.165, 1.54) is 21.6 Å². The van der Waals surface area contributed by atoms with Crippen molar-refractivity contribution in [3.63, 3.8) is 0 Å². The molecule has 3 aromatic rings. The molecule has 0 saturated heterocycles. The van der Waals surface area contributed by atoms with E-state index in [-0.39, 0.29) is 49.2 Å². The van der Waals surface area contributed by atoms with Crippen LogP contribution >= 0.6 is 15.9 Å². The van der Waals surface area contributed by atoms with Crippen LogP contribution in [0.25, 0.3) is 5.69 Å². The van der Waals surface area contributed by atoms with Gasteiger partial charge in [0, 0.05) is 23.9 Å². The Hall–Kier alpha value is -3.70. The largest absolute Gasteiger partial charge is 0.471 e. The molecule has 0 radical (unpaired) electrons. The van der Waals surface area contributed by atoms with E-state index in [1.807, 2.05) is 6.92 Å². The number of aryl methyl sites for hydroxylation is 2. The molecule has 2 N–H and O–H groups in total. The highest BCUT2D eigenvalue weighted by atomic mass is 79.9. The Labute approximate surface area is 227 Å². The van der Waals surface area contributed by atoms with E-state index in [1.54, 1.807) is 50.2 Å². The van der Waals surface area contributed by atoms with Gasteiger partial charge >= 0.3 is 6.09 Å². The number of benzene rings is 2. The van der Waals surface area contributed by atoms with Crippen molar-refractivity contribution < 1.29 is 28.6 Å². The van der Waals surface area contributed by atoms with Crippen molar-refractivity contribution in [2.75, 3.05) is 26.5 Å². The van der Waals surface area contributed by atoms with Gasteiger partial charge in [-0.2, -0.15) is 0 Å². The Bertz CT molecular complexity index is 1380. The molecule has 0 aliphatic rings. The number of pyridine rings is 1. The lowest BCUT2D eigenvalue weighted by atomic mass is 10.1. The number of carbonyl (C=O) groups is 2. The van der Waals surface area contributed by atoms with Crippen LogP contribution in [0.2, 0.25) is 0 Å². The molecular weight excluding hydrogens is 561 g/mol. The van der Waals surface area contributed by atoms with Crippen molar-refractivity contribution in [1.82, 2.24) is 14.8 Å². The molecule has 0 spiro atoms. The summed E-state index contributed by atoms with van der Waals surface area (Å²) in [6, 6.07) is 12.5. The van der Waals surface area contributed by atoms with Crippen LogP contribution < -0.4 is 15.6 Å². The SMILES string of the molecule is CCOC(=O)N(COc1cc(C)n(-c2cc(C(=O)NCCO)ccc2C)c(=O)c1Br)Cc1cccc(F)c1. The first-order valence-corrected chi connectivity index (χ1v) is 12.7. The number of hydrogen-bond acceptors (Lipinski definition) is 6. The fourth-order valence-corrected chi connectivity index (χ4v) is 4.14. The van der Waals surface area contributed by atoms with Crippen LogP contribution in [0.1, 0.15) is 34.1 Å². The zero-order valence-corrected chi connectivity index (χ0v) is 22.9. The number of nitrogens with one attached hydrogen (secondary N) is 1. The number of hydrogen-bond donors (Lipinski definition) is 2. The van der Waals surface area contributed by atoms with Crippen LogP contribution in [0.15, 0.2) is 57.8 Å². The minimum Gasteiger partial charge on any atom is -0.471 e. The molecule has 3 rings (SSSR count). The second-order valence-electron chi connectivity index (χ2n) is 8.39. The second-order valence-corrected chi connectivity index (χ2v) is 9.18. The normalized spacial score (nSPS) is 10.7. The molecule has 9 nitrogen and oxygen atoms in total. The Morgan fingerprint density at radius 3 is 2.61 bits per heavy atom. The zero-order valence-electron chi connectivity index (χ0n) is 21.3. The zero-order chi connectivity index (χ0) is 27.8. The molecule has 0 aliphatic heterocycles. The standard InChI is InChI=1S/C27H29BrFN3O6/c1-4-37-27(36)31(15-19-6-5-7-21(29)13-19)16-38-23-12-18(3)32(26(35)24(23)28)22-14-20(9-8-17(22)2)25(34)30-10-11-33/h5-9,12-14,33H,4,10-11,15-16H2,1-3H3,(H,30,34). The summed E-state index contributed by atoms with van der Waals surface area (Å²) >= 11 is 3.31. The highest BCUT2D eigenvalue weighted by Gasteiger charge is 2.20. The molecule has 1 aromatic heterocycles. The minimum atomic E-state index is -0.648. The van der Waals surface area contributed by atoms with Gasteiger partial charge in [-0.3, -0.25) is 19.1 Å². The molecule has 0 saturated carbocycles. The fraction of sp³-hybridized carbons (Fsp3) is 0.296. The summed E-state index contributed by atoms with van der Waals surface area (Å²) in [5.41, 5.74) is 2.25. The van der Waals surface area contributed by atoms with Gasteiger partial charge in [0.05, 0.1) is 25.4 Å². The smallest absolute Gasteiger partial charge is 0.412 e. The summed E-state index contributed by atoms with van der Waals surface area (Å²) in [6.07, 6.45) is -0.648. The topological polar surface area (TPSA) is 110 Å². The van der Waals surface area contributed by atoms with Crippen molar-refractivity contribution in [2.24, 2.45) is 0 Å². The summed E-state index contributed by atoms with van der Waals surface area (Å²) in [7, 11) is 0. The van der Waals surface area contributed by atoms with Gasteiger partial charge in [0.1, 0.15) is 16.0 Å². The molecule has 2 aromatic carbocycles. The summed E-state index contributed by atoms with van der Waals surface area (Å²) in [5.74, 6) is -0.603. The number of aromatic nitrogens is 1. The first-order chi connectivity index (χ1) is 18.2. The Morgan fingerprint density at radius 2 is 1.92 bits per heavy atom. The lowest BCUT2D eigenvalue weighted by molar-refractivity contribution is 0.0689. The van der Waals surface area contributed by atoms with E-state index in [0.29, 0.717) is 22.5 Å². The number of aliphatic hydroxyl groups is 1. The van der Waals surface area contributed by atoms with Gasteiger partial charge in [0.2, 0.25) is 0 Å². The fourth-order valence-electron chi connectivity index (χ4n) is 3.73. The molecule has 0 atom stereocenters. The van der Waals surface area contributed by atoms with E-state index in [0.717, 1.165) is 5.56 Å². The molecule has 0 aliphatic carbocycles. The molecular formula is C27H29BrFN3O6. The lowest BCUT2D eigenvalue weighted by Gasteiger charge is -2.23. The van der Waals surface area contributed by atoms with E-state index < -0.39 is 17.5 Å². The lowest BCUT2D eigenvalue weighted by Crippen LogP contribution is -2.35. The van der Waals surface area contributed by atoms with Gasteiger partial charge in [-0.15, -0.1) is 0 Å². The van der Waals surface area contributed by atoms with Crippen molar-refractivity contribution in [1.29, 1.82) is 0 Å². The van der Waals surface area contributed by atoms with Crippen LogP contribution in [0, 0.1) is 19.7 Å². The molecule has 2 amide bonds. The predicted octanol–water partition coefficient (Wildman–Crippen LogP) is 4.07. The first-order valence-electron chi connectivity index (χ1n) is 11.9. The molecule has 0 bridgehead atoms. The van der Waals surface area contributed by atoms with Crippen molar-refractivity contribution in [3.05, 3.63) is 91.6 Å².